The summed E-state index contributed by atoms with van der Waals surface area (Å²) in [6.45, 7) is 3.56. The van der Waals surface area contributed by atoms with E-state index in [4.69, 9.17) is 0 Å². The molecule has 1 heterocycles. The van der Waals surface area contributed by atoms with Crippen LogP contribution in [0.1, 0.15) is 26.2 Å². The molecule has 0 bridgehead atoms. The zero-order chi connectivity index (χ0) is 5.98. The van der Waals surface area contributed by atoms with Crippen molar-refractivity contribution in [3.05, 3.63) is 7.05 Å². The van der Waals surface area contributed by atoms with E-state index in [0.717, 1.165) is 6.04 Å². The lowest BCUT2D eigenvalue weighted by Gasteiger charge is -2.32. The molecule has 1 fully saturated rings. The molecule has 0 spiro atoms. The number of quaternary nitrogens is 1. The minimum absolute atomic E-state index is 0.809. The third-order valence-electron chi connectivity index (χ3n) is 2.08. The van der Waals surface area contributed by atoms with Gasteiger partial charge in [-0.2, -0.15) is 7.05 Å². The van der Waals surface area contributed by atoms with Gasteiger partial charge < -0.3 is 4.90 Å². The van der Waals surface area contributed by atoms with Gasteiger partial charge in [0.2, 0.25) is 0 Å². The maximum absolute atomic E-state index is 4.00. The number of hydrogen-bond acceptors (Lipinski definition) is 0. The van der Waals surface area contributed by atoms with E-state index in [1.165, 1.54) is 30.7 Å². The van der Waals surface area contributed by atoms with Crippen LogP contribution in [0.3, 0.4) is 0 Å². The van der Waals surface area contributed by atoms with Gasteiger partial charge in [-0.25, -0.2) is 0 Å². The first-order chi connectivity index (χ1) is 3.80. The Bertz CT molecular complexity index is 60.8. The molecular weight excluding hydrogens is 98.1 g/mol. The number of hydrogen-bond donors (Lipinski definition) is 1. The Labute approximate surface area is 51.7 Å². The lowest BCUT2D eigenvalue weighted by atomic mass is 10.1. The Hall–Kier alpha value is -0.0400. The van der Waals surface area contributed by atoms with E-state index in [-0.39, 0.29) is 0 Å². The quantitative estimate of drug-likeness (QED) is 0.429. The predicted molar refractivity (Wildman–Crippen MR) is 34.5 cm³/mol. The molecule has 1 saturated heterocycles. The van der Waals surface area contributed by atoms with Crippen molar-refractivity contribution in [1.82, 2.24) is 0 Å². The molecule has 0 aromatic carbocycles. The molecular formula is C7H15N. The molecule has 0 radical (unpaired) electrons. The molecule has 2 atom stereocenters. The van der Waals surface area contributed by atoms with Crippen molar-refractivity contribution in [3.63, 3.8) is 0 Å². The smallest absolute Gasteiger partial charge is 0.0606 e. The van der Waals surface area contributed by atoms with Crippen molar-refractivity contribution < 1.29 is 4.90 Å². The summed E-state index contributed by atoms with van der Waals surface area (Å²) in [7, 11) is 4.00. The maximum Gasteiger partial charge on any atom is 0.0606 e. The molecule has 1 rings (SSSR count). The molecule has 1 N–H and O–H groups in total. The van der Waals surface area contributed by atoms with Gasteiger partial charge in [-0.15, -0.1) is 0 Å². The normalized spacial score (nSPS) is 39.8. The van der Waals surface area contributed by atoms with Crippen LogP contribution in [0.25, 0.3) is 0 Å². The van der Waals surface area contributed by atoms with E-state index in [1.54, 1.807) is 0 Å². The molecule has 1 heteroatoms. The summed E-state index contributed by atoms with van der Waals surface area (Å²) < 4.78 is 0. The number of rotatable bonds is 0. The SMILES string of the molecule is [CH2-][NH+]1CCCC[C@@H]1C. The van der Waals surface area contributed by atoms with Gasteiger partial charge in [0, 0.05) is 0 Å². The minimum Gasteiger partial charge on any atom is -0.466 e. The van der Waals surface area contributed by atoms with E-state index >= 15 is 0 Å². The largest absolute Gasteiger partial charge is 0.466 e. The molecule has 0 aromatic heterocycles. The van der Waals surface area contributed by atoms with E-state index < -0.39 is 0 Å². The molecule has 0 saturated carbocycles. The zero-order valence-corrected chi connectivity index (χ0v) is 5.61. The highest BCUT2D eigenvalue weighted by Gasteiger charge is 2.12. The van der Waals surface area contributed by atoms with Crippen LogP contribution in [0, 0.1) is 7.05 Å². The summed E-state index contributed by atoms with van der Waals surface area (Å²) >= 11 is 0. The van der Waals surface area contributed by atoms with Gasteiger partial charge in [-0.3, -0.25) is 0 Å². The summed E-state index contributed by atoms with van der Waals surface area (Å²) in [6, 6.07) is 0.809. The van der Waals surface area contributed by atoms with Crippen molar-refractivity contribution in [2.45, 2.75) is 32.2 Å². The van der Waals surface area contributed by atoms with Crippen molar-refractivity contribution in [2.24, 2.45) is 0 Å². The van der Waals surface area contributed by atoms with Gasteiger partial charge in [0.05, 0.1) is 12.6 Å². The molecule has 8 heavy (non-hydrogen) atoms. The van der Waals surface area contributed by atoms with Gasteiger partial charge in [0.1, 0.15) is 0 Å². The fourth-order valence-electron chi connectivity index (χ4n) is 1.25. The van der Waals surface area contributed by atoms with Crippen LogP contribution in [0.15, 0.2) is 0 Å². The summed E-state index contributed by atoms with van der Waals surface area (Å²) in [5.74, 6) is 0. The van der Waals surface area contributed by atoms with Crippen LogP contribution in [0.4, 0.5) is 0 Å². The van der Waals surface area contributed by atoms with Crippen LogP contribution in [-0.4, -0.2) is 12.6 Å². The molecule has 48 valence electrons. The summed E-state index contributed by atoms with van der Waals surface area (Å²) in [6.07, 6.45) is 4.17. The highest BCUT2D eigenvalue weighted by Crippen LogP contribution is 2.00. The van der Waals surface area contributed by atoms with Gasteiger partial charge in [-0.05, 0) is 26.2 Å². The number of piperidine rings is 1. The van der Waals surface area contributed by atoms with Crippen molar-refractivity contribution in [2.75, 3.05) is 6.54 Å². The minimum atomic E-state index is 0.809. The number of nitrogens with one attached hydrogen (secondary N) is 1. The molecule has 0 aliphatic carbocycles. The first-order valence-corrected chi connectivity index (χ1v) is 3.48. The molecule has 1 aliphatic rings. The van der Waals surface area contributed by atoms with E-state index in [2.05, 4.69) is 14.0 Å². The Balaban J connectivity index is 2.28. The lowest BCUT2D eigenvalue weighted by Crippen LogP contribution is -3.11. The Morgan fingerprint density at radius 2 is 2.25 bits per heavy atom. The van der Waals surface area contributed by atoms with E-state index in [0.29, 0.717) is 0 Å². The van der Waals surface area contributed by atoms with Crippen LogP contribution < -0.4 is 4.90 Å². The third kappa shape index (κ3) is 1.22. The molecule has 1 unspecified atom stereocenters. The highest BCUT2D eigenvalue weighted by atomic mass is 15.1. The van der Waals surface area contributed by atoms with Gasteiger partial charge in [0.15, 0.2) is 0 Å². The van der Waals surface area contributed by atoms with E-state index in [9.17, 15) is 0 Å². The highest BCUT2D eigenvalue weighted by molar-refractivity contribution is 4.54. The van der Waals surface area contributed by atoms with Gasteiger partial charge in [0.25, 0.3) is 0 Å². The van der Waals surface area contributed by atoms with E-state index in [1.807, 2.05) is 0 Å². The second-order valence-electron chi connectivity index (χ2n) is 2.81. The predicted octanol–water partition coefficient (Wildman–Crippen LogP) is 0.235. The molecule has 1 nitrogen and oxygen atoms in total. The van der Waals surface area contributed by atoms with Crippen LogP contribution in [0.5, 0.6) is 0 Å². The molecule has 0 aromatic rings. The average molecular weight is 113 g/mol. The summed E-state index contributed by atoms with van der Waals surface area (Å²) in [5.41, 5.74) is 0. The monoisotopic (exact) mass is 113 g/mol. The molecule has 1 aliphatic heterocycles. The Morgan fingerprint density at radius 3 is 2.62 bits per heavy atom. The number of likely N-dealkylation sites (tertiary alicyclic amines) is 1. The average Bonchev–Trinajstić information content (AvgIpc) is 1.77. The summed E-state index contributed by atoms with van der Waals surface area (Å²) in [4.78, 5) is 1.47. The molecule has 0 amide bonds. The van der Waals surface area contributed by atoms with Crippen LogP contribution in [0.2, 0.25) is 0 Å². The van der Waals surface area contributed by atoms with Crippen molar-refractivity contribution >= 4 is 0 Å². The third-order valence-corrected chi connectivity index (χ3v) is 2.08. The summed E-state index contributed by atoms with van der Waals surface area (Å²) in [5, 5.41) is 0. The topological polar surface area (TPSA) is 4.44 Å². The standard InChI is InChI=1S/C7H15N/c1-7-5-3-4-6-8(7)2/h7-8H,2-6H2,1H3/t7-/m0/s1. The maximum atomic E-state index is 4.00. The van der Waals surface area contributed by atoms with Gasteiger partial charge in [-0.1, -0.05) is 0 Å². The van der Waals surface area contributed by atoms with Crippen LogP contribution in [-0.2, 0) is 0 Å². The van der Waals surface area contributed by atoms with Crippen molar-refractivity contribution in [3.8, 4) is 0 Å². The lowest BCUT2D eigenvalue weighted by molar-refractivity contribution is -0.884. The first-order valence-electron chi connectivity index (χ1n) is 3.48. The first kappa shape index (κ1) is 6.09. The Kier molecular flexibility index (Phi) is 1.90. The van der Waals surface area contributed by atoms with Crippen LogP contribution >= 0.6 is 0 Å². The second kappa shape index (κ2) is 2.49. The fourth-order valence-corrected chi connectivity index (χ4v) is 1.25. The second-order valence-corrected chi connectivity index (χ2v) is 2.81. The Morgan fingerprint density at radius 1 is 1.50 bits per heavy atom. The fraction of sp³-hybridized carbons (Fsp3) is 0.857. The zero-order valence-electron chi connectivity index (χ0n) is 5.61. The van der Waals surface area contributed by atoms with Crippen molar-refractivity contribution in [1.29, 1.82) is 0 Å². The van der Waals surface area contributed by atoms with Gasteiger partial charge >= 0.3 is 0 Å².